The van der Waals surface area contributed by atoms with Crippen LogP contribution in [0, 0.1) is 6.92 Å². The van der Waals surface area contributed by atoms with E-state index in [0.29, 0.717) is 0 Å². The minimum atomic E-state index is -0.119. The van der Waals surface area contributed by atoms with Crippen LogP contribution in [-0.2, 0) is 16.2 Å². The lowest BCUT2D eigenvalue weighted by Crippen LogP contribution is -2.38. The van der Waals surface area contributed by atoms with Gasteiger partial charge in [0.05, 0.1) is 5.52 Å². The standard InChI is InChI=1S/C60H51BN2OS/c1-32-24-43(39-26-42-41-25-34(59(5,6)7)20-23-53(41)65-54(42)31-48(39)62-35-21-18-33(19-22-35)58(2,3)4)56-57-55(32)44-29-52-40(37-15-11-13-17-51(37)64-52)28-49(44)63(57)50-30-46-38(27-47(50)61-56)36-14-10-12-16-45(36)60(46,8)9/h10-31,61-62H,1-9H3. The Balaban J connectivity index is 1.13. The molecular formula is C60H51BN2OS. The third kappa shape index (κ3) is 5.55. The molecule has 0 spiro atoms. The molecule has 65 heavy (non-hydrogen) atoms. The summed E-state index contributed by atoms with van der Waals surface area (Å²) >= 11 is 1.89. The van der Waals surface area contributed by atoms with Crippen LogP contribution in [0.5, 0.6) is 0 Å². The van der Waals surface area contributed by atoms with Crippen LogP contribution in [0.1, 0.15) is 83.2 Å². The summed E-state index contributed by atoms with van der Waals surface area (Å²) < 4.78 is 11.8. The second-order valence-electron chi connectivity index (χ2n) is 21.5. The van der Waals surface area contributed by atoms with Gasteiger partial charge in [0, 0.05) is 75.3 Å². The molecule has 316 valence electrons. The maximum Gasteiger partial charge on any atom is 0.198 e. The van der Waals surface area contributed by atoms with E-state index >= 15 is 0 Å². The lowest BCUT2D eigenvalue weighted by molar-refractivity contribution is 0.590. The topological polar surface area (TPSA) is 30.1 Å². The van der Waals surface area contributed by atoms with E-state index in [1.54, 1.807) is 0 Å². The van der Waals surface area contributed by atoms with Gasteiger partial charge in [-0.2, -0.15) is 0 Å². The number of para-hydroxylation sites is 1. The van der Waals surface area contributed by atoms with Crippen molar-refractivity contribution in [2.24, 2.45) is 0 Å². The van der Waals surface area contributed by atoms with Gasteiger partial charge in [0.15, 0.2) is 7.28 Å². The Bertz CT molecular complexity index is 3880. The van der Waals surface area contributed by atoms with E-state index in [0.717, 1.165) is 40.6 Å². The minimum Gasteiger partial charge on any atom is -0.456 e. The first-order valence-electron chi connectivity index (χ1n) is 23.2. The summed E-state index contributed by atoms with van der Waals surface area (Å²) in [6.07, 6.45) is 0. The van der Waals surface area contributed by atoms with E-state index < -0.39 is 0 Å². The first-order valence-corrected chi connectivity index (χ1v) is 24.0. The molecule has 3 aromatic heterocycles. The maximum absolute atomic E-state index is 6.60. The van der Waals surface area contributed by atoms with E-state index in [4.69, 9.17) is 4.42 Å². The smallest absolute Gasteiger partial charge is 0.198 e. The molecule has 0 radical (unpaired) electrons. The van der Waals surface area contributed by atoms with Crippen molar-refractivity contribution in [3.05, 3.63) is 161 Å². The molecule has 0 bridgehead atoms. The van der Waals surface area contributed by atoms with Crippen LogP contribution < -0.4 is 16.2 Å². The zero-order valence-electron chi connectivity index (χ0n) is 38.7. The Hall–Kier alpha value is -6.56. The molecule has 2 aliphatic rings. The Morgan fingerprint density at radius 3 is 2.12 bits per heavy atom. The van der Waals surface area contributed by atoms with Crippen LogP contribution in [0.4, 0.5) is 11.4 Å². The summed E-state index contributed by atoms with van der Waals surface area (Å²) in [5.74, 6) is 0. The Labute approximate surface area is 385 Å². The number of hydrogen-bond acceptors (Lipinski definition) is 3. The van der Waals surface area contributed by atoms with Crippen LogP contribution in [0.2, 0.25) is 0 Å². The van der Waals surface area contributed by atoms with E-state index in [9.17, 15) is 0 Å². The van der Waals surface area contributed by atoms with Gasteiger partial charge in [-0.25, -0.2) is 0 Å². The molecule has 8 aromatic carbocycles. The lowest BCUT2D eigenvalue weighted by atomic mass is 9.58. The molecule has 1 aliphatic heterocycles. The van der Waals surface area contributed by atoms with Gasteiger partial charge in [-0.1, -0.05) is 134 Å². The first kappa shape index (κ1) is 38.9. The lowest BCUT2D eigenvalue weighted by Gasteiger charge is -2.27. The fraction of sp³-hybridized carbons (Fsp3) is 0.200. The number of benzene rings is 8. The first-order chi connectivity index (χ1) is 31.1. The number of furan rings is 1. The Morgan fingerprint density at radius 2 is 1.32 bits per heavy atom. The summed E-state index contributed by atoms with van der Waals surface area (Å²) in [6.45, 7) is 20.9. The Morgan fingerprint density at radius 1 is 0.585 bits per heavy atom. The van der Waals surface area contributed by atoms with Gasteiger partial charge >= 0.3 is 0 Å². The maximum atomic E-state index is 6.60. The number of aryl methyl sites for hydroxylation is 1. The molecule has 5 heteroatoms. The zero-order chi connectivity index (χ0) is 44.5. The molecule has 0 saturated heterocycles. The average molecular weight is 859 g/mol. The van der Waals surface area contributed by atoms with Crippen molar-refractivity contribution < 1.29 is 4.42 Å². The second kappa shape index (κ2) is 13.0. The van der Waals surface area contributed by atoms with Crippen LogP contribution in [0.25, 0.3) is 91.9 Å². The number of hydrogen-bond donors (Lipinski definition) is 1. The van der Waals surface area contributed by atoms with Crippen molar-refractivity contribution in [2.45, 2.75) is 78.6 Å². The highest BCUT2D eigenvalue weighted by molar-refractivity contribution is 7.25. The largest absolute Gasteiger partial charge is 0.456 e. The third-order valence-electron chi connectivity index (χ3n) is 15.0. The van der Waals surface area contributed by atoms with Crippen molar-refractivity contribution >= 4 is 105 Å². The van der Waals surface area contributed by atoms with Crippen LogP contribution in [0.3, 0.4) is 0 Å². The summed E-state index contributed by atoms with van der Waals surface area (Å²) in [4.78, 5) is 0. The molecule has 1 aliphatic carbocycles. The molecule has 4 heterocycles. The van der Waals surface area contributed by atoms with Crippen molar-refractivity contribution in [3.8, 4) is 27.9 Å². The minimum absolute atomic E-state index is 0.0440. The molecule has 11 aromatic rings. The van der Waals surface area contributed by atoms with Crippen molar-refractivity contribution in [1.29, 1.82) is 0 Å². The molecule has 13 rings (SSSR count). The molecule has 0 amide bonds. The number of aromatic nitrogens is 1. The van der Waals surface area contributed by atoms with Gasteiger partial charge in [-0.3, -0.25) is 0 Å². The van der Waals surface area contributed by atoms with Gasteiger partial charge < -0.3 is 14.3 Å². The van der Waals surface area contributed by atoms with Gasteiger partial charge in [-0.15, -0.1) is 11.3 Å². The number of fused-ring (bicyclic) bond motifs is 14. The number of anilines is 2. The van der Waals surface area contributed by atoms with Gasteiger partial charge in [0.2, 0.25) is 0 Å². The fourth-order valence-corrected chi connectivity index (χ4v) is 12.6. The molecule has 0 unspecified atom stereocenters. The van der Waals surface area contributed by atoms with Gasteiger partial charge in [-0.05, 0) is 128 Å². The fourth-order valence-electron chi connectivity index (χ4n) is 11.5. The summed E-state index contributed by atoms with van der Waals surface area (Å²) in [5.41, 5.74) is 22.6. The molecule has 0 fully saturated rings. The normalized spacial score (nSPS) is 14.2. The molecule has 1 N–H and O–H groups in total. The van der Waals surface area contributed by atoms with Crippen molar-refractivity contribution in [2.75, 3.05) is 5.32 Å². The molecule has 0 saturated carbocycles. The molecular weight excluding hydrogens is 808 g/mol. The highest BCUT2D eigenvalue weighted by atomic mass is 32.1. The van der Waals surface area contributed by atoms with Crippen molar-refractivity contribution in [3.63, 3.8) is 0 Å². The molecule has 3 nitrogen and oxygen atoms in total. The van der Waals surface area contributed by atoms with Crippen LogP contribution >= 0.6 is 11.3 Å². The summed E-state index contributed by atoms with van der Waals surface area (Å²) in [7, 11) is 0.822. The second-order valence-corrected chi connectivity index (χ2v) is 22.6. The van der Waals surface area contributed by atoms with Gasteiger partial charge in [0.25, 0.3) is 0 Å². The quantitative estimate of drug-likeness (QED) is 0.179. The monoisotopic (exact) mass is 858 g/mol. The van der Waals surface area contributed by atoms with Gasteiger partial charge in [0.1, 0.15) is 11.2 Å². The molecule has 0 atom stereocenters. The number of thiophene rings is 1. The SMILES string of the molecule is Cc1cc(-c2cc3c(cc2Nc2ccc(C(C)(C)C)cc2)sc2ccc(C(C)(C)C)cc23)c2c3c1c1cc4oc5ccccc5c4cc1n3-c1cc3c(cc1B2)-c1ccccc1C3(C)C. The highest BCUT2D eigenvalue weighted by Gasteiger charge is 2.38. The number of nitrogens with zero attached hydrogens (tertiary/aromatic N) is 1. The van der Waals surface area contributed by atoms with E-state index in [-0.39, 0.29) is 16.2 Å². The third-order valence-corrected chi connectivity index (χ3v) is 16.2. The predicted molar refractivity (Wildman–Crippen MR) is 282 cm³/mol. The van der Waals surface area contributed by atoms with Crippen LogP contribution in [0.15, 0.2) is 138 Å². The highest BCUT2D eigenvalue weighted by Crippen LogP contribution is 2.51. The van der Waals surface area contributed by atoms with E-state index in [1.807, 2.05) is 11.3 Å². The summed E-state index contributed by atoms with van der Waals surface area (Å²) in [5, 5.41) is 11.5. The number of nitrogens with one attached hydrogen (secondary N) is 1. The summed E-state index contributed by atoms with van der Waals surface area (Å²) in [6, 6.07) is 50.9. The Kier molecular flexibility index (Phi) is 7.80. The van der Waals surface area contributed by atoms with E-state index in [1.165, 1.54) is 109 Å². The average Bonchev–Trinajstić information content (AvgIpc) is 3.99. The van der Waals surface area contributed by atoms with Crippen LogP contribution in [-0.4, -0.2) is 11.8 Å². The predicted octanol–water partition coefficient (Wildman–Crippen LogP) is 15.4. The number of rotatable bonds is 3. The van der Waals surface area contributed by atoms with E-state index in [2.05, 4.69) is 206 Å². The zero-order valence-corrected chi connectivity index (χ0v) is 39.5. The van der Waals surface area contributed by atoms with Crippen molar-refractivity contribution in [1.82, 2.24) is 4.57 Å².